The van der Waals surface area contributed by atoms with E-state index >= 15 is 0 Å². The van der Waals surface area contributed by atoms with Gasteiger partial charge in [-0.1, -0.05) is 13.3 Å². The van der Waals surface area contributed by atoms with Crippen molar-refractivity contribution >= 4 is 0 Å². The monoisotopic (exact) mass is 254 g/mol. The molecule has 6 heteroatoms. The second-order valence-corrected chi connectivity index (χ2v) is 4.69. The van der Waals surface area contributed by atoms with E-state index in [9.17, 15) is 13.2 Å². The maximum atomic E-state index is 12.2. The molecule has 0 aromatic heterocycles. The number of nitrogens with one attached hydrogen (secondary N) is 1. The van der Waals surface area contributed by atoms with Crippen LogP contribution >= 0.6 is 0 Å². The molecule has 0 saturated carbocycles. The molecule has 1 saturated heterocycles. The molecular weight excluding hydrogens is 233 g/mol. The average molecular weight is 254 g/mol. The lowest BCUT2D eigenvalue weighted by Crippen LogP contribution is -2.58. The molecule has 0 aromatic rings. The fourth-order valence-corrected chi connectivity index (χ4v) is 2.23. The van der Waals surface area contributed by atoms with Gasteiger partial charge in [0.15, 0.2) is 0 Å². The lowest BCUT2D eigenvalue weighted by molar-refractivity contribution is -0.133. The Morgan fingerprint density at radius 3 is 2.71 bits per heavy atom. The molecule has 2 atom stereocenters. The number of rotatable bonds is 5. The van der Waals surface area contributed by atoms with E-state index in [4.69, 9.17) is 10.5 Å². The zero-order valence-electron chi connectivity index (χ0n) is 10.1. The first-order valence-electron chi connectivity index (χ1n) is 6.04. The number of hydrogen-bond acceptors (Lipinski definition) is 3. The van der Waals surface area contributed by atoms with E-state index in [1.54, 1.807) is 0 Å². The van der Waals surface area contributed by atoms with Gasteiger partial charge in [0.1, 0.15) is 0 Å². The van der Waals surface area contributed by atoms with Gasteiger partial charge in [-0.2, -0.15) is 13.2 Å². The normalized spacial score (nSPS) is 30.5. The lowest BCUT2D eigenvalue weighted by atomic mass is 9.85. The summed E-state index contributed by atoms with van der Waals surface area (Å²) in [5, 5.41) is 2.58. The van der Waals surface area contributed by atoms with Gasteiger partial charge in [0.05, 0.1) is 12.6 Å². The van der Waals surface area contributed by atoms with Crippen molar-refractivity contribution in [2.45, 2.75) is 50.4 Å². The van der Waals surface area contributed by atoms with Gasteiger partial charge in [0, 0.05) is 18.7 Å². The van der Waals surface area contributed by atoms with Crippen LogP contribution in [0.15, 0.2) is 0 Å². The van der Waals surface area contributed by atoms with E-state index in [1.807, 2.05) is 6.92 Å². The van der Waals surface area contributed by atoms with Crippen LogP contribution in [0.25, 0.3) is 0 Å². The van der Waals surface area contributed by atoms with Crippen molar-refractivity contribution in [3.8, 4) is 0 Å². The molecule has 3 nitrogen and oxygen atoms in total. The lowest BCUT2D eigenvalue weighted by Gasteiger charge is -2.41. The van der Waals surface area contributed by atoms with E-state index in [1.165, 1.54) is 0 Å². The molecule has 0 aliphatic carbocycles. The fraction of sp³-hybridized carbons (Fsp3) is 1.00. The number of ether oxygens (including phenoxy) is 1. The van der Waals surface area contributed by atoms with Crippen LogP contribution in [0.4, 0.5) is 13.2 Å². The van der Waals surface area contributed by atoms with Crippen molar-refractivity contribution in [1.29, 1.82) is 0 Å². The minimum absolute atomic E-state index is 0.0260. The van der Waals surface area contributed by atoms with E-state index in [2.05, 4.69) is 5.32 Å². The summed E-state index contributed by atoms with van der Waals surface area (Å²) in [5.74, 6) is 0. The summed E-state index contributed by atoms with van der Waals surface area (Å²) in [7, 11) is 0. The summed E-state index contributed by atoms with van der Waals surface area (Å²) in [6, 6.07) is 0. The van der Waals surface area contributed by atoms with Crippen molar-refractivity contribution in [2.24, 2.45) is 5.73 Å². The molecular formula is C11H21F3N2O. The van der Waals surface area contributed by atoms with Crippen molar-refractivity contribution < 1.29 is 17.9 Å². The fourth-order valence-electron chi connectivity index (χ4n) is 2.23. The maximum Gasteiger partial charge on any atom is 0.401 e. The Morgan fingerprint density at radius 1 is 1.47 bits per heavy atom. The molecule has 0 amide bonds. The van der Waals surface area contributed by atoms with E-state index < -0.39 is 18.3 Å². The molecule has 0 radical (unpaired) electrons. The number of halogens is 3. The highest BCUT2D eigenvalue weighted by Gasteiger charge is 2.38. The predicted molar refractivity (Wildman–Crippen MR) is 59.7 cm³/mol. The molecule has 0 bridgehead atoms. The molecule has 3 N–H and O–H groups in total. The highest BCUT2D eigenvalue weighted by atomic mass is 19.4. The van der Waals surface area contributed by atoms with Gasteiger partial charge in [-0.3, -0.25) is 0 Å². The summed E-state index contributed by atoms with van der Waals surface area (Å²) < 4.78 is 42.2. The SMILES string of the molecule is CCCC1CC(CN)(NCC(F)(F)F)CCO1. The molecule has 2 unspecified atom stereocenters. The maximum absolute atomic E-state index is 12.2. The molecule has 1 aliphatic heterocycles. The molecule has 0 spiro atoms. The van der Waals surface area contributed by atoms with E-state index in [-0.39, 0.29) is 12.6 Å². The van der Waals surface area contributed by atoms with Crippen LogP contribution in [0, 0.1) is 0 Å². The van der Waals surface area contributed by atoms with Gasteiger partial charge < -0.3 is 15.8 Å². The minimum Gasteiger partial charge on any atom is -0.378 e. The van der Waals surface area contributed by atoms with Gasteiger partial charge in [-0.05, 0) is 19.3 Å². The quantitative estimate of drug-likeness (QED) is 0.786. The molecule has 102 valence electrons. The first-order valence-corrected chi connectivity index (χ1v) is 6.04. The molecule has 1 rings (SSSR count). The van der Waals surface area contributed by atoms with Crippen LogP contribution in [-0.2, 0) is 4.74 Å². The number of nitrogens with two attached hydrogens (primary N) is 1. The first kappa shape index (κ1) is 14.7. The predicted octanol–water partition coefficient (Wildman–Crippen LogP) is 1.81. The Balaban J connectivity index is 2.54. The highest BCUT2D eigenvalue weighted by Crippen LogP contribution is 2.27. The Bertz CT molecular complexity index is 233. The van der Waals surface area contributed by atoms with Crippen LogP contribution in [0.2, 0.25) is 0 Å². The summed E-state index contributed by atoms with van der Waals surface area (Å²) in [4.78, 5) is 0. The Morgan fingerprint density at radius 2 is 2.18 bits per heavy atom. The third kappa shape index (κ3) is 4.81. The molecule has 17 heavy (non-hydrogen) atoms. The zero-order chi connectivity index (χ0) is 12.9. The molecule has 0 aromatic carbocycles. The number of alkyl halides is 3. The average Bonchev–Trinajstić information content (AvgIpc) is 2.27. The largest absolute Gasteiger partial charge is 0.401 e. The summed E-state index contributed by atoms with van der Waals surface area (Å²) >= 11 is 0. The zero-order valence-corrected chi connectivity index (χ0v) is 10.1. The van der Waals surface area contributed by atoms with Gasteiger partial charge >= 0.3 is 6.18 Å². The van der Waals surface area contributed by atoms with Crippen molar-refractivity contribution in [3.05, 3.63) is 0 Å². The highest BCUT2D eigenvalue weighted by molar-refractivity contribution is 4.94. The van der Waals surface area contributed by atoms with Crippen molar-refractivity contribution in [3.63, 3.8) is 0 Å². The Labute approximate surface area is 99.9 Å². The van der Waals surface area contributed by atoms with E-state index in [0.29, 0.717) is 19.4 Å². The van der Waals surface area contributed by atoms with Crippen LogP contribution in [0.5, 0.6) is 0 Å². The molecule has 1 fully saturated rings. The Kier molecular flexibility index (Phi) is 5.22. The third-order valence-electron chi connectivity index (χ3n) is 3.22. The first-order chi connectivity index (χ1) is 7.91. The van der Waals surface area contributed by atoms with Crippen LogP contribution < -0.4 is 11.1 Å². The van der Waals surface area contributed by atoms with Gasteiger partial charge in [0.25, 0.3) is 0 Å². The smallest absolute Gasteiger partial charge is 0.378 e. The second-order valence-electron chi connectivity index (χ2n) is 4.69. The van der Waals surface area contributed by atoms with Gasteiger partial charge in [-0.25, -0.2) is 0 Å². The third-order valence-corrected chi connectivity index (χ3v) is 3.22. The van der Waals surface area contributed by atoms with Crippen molar-refractivity contribution in [2.75, 3.05) is 19.7 Å². The number of hydrogen-bond donors (Lipinski definition) is 2. The summed E-state index contributed by atoms with van der Waals surface area (Å²) in [5.41, 5.74) is 5.02. The van der Waals surface area contributed by atoms with Crippen LogP contribution in [0.3, 0.4) is 0 Å². The van der Waals surface area contributed by atoms with Gasteiger partial charge in [0.2, 0.25) is 0 Å². The van der Waals surface area contributed by atoms with E-state index in [0.717, 1.165) is 12.8 Å². The molecule has 1 heterocycles. The van der Waals surface area contributed by atoms with Crippen molar-refractivity contribution in [1.82, 2.24) is 5.32 Å². The standard InChI is InChI=1S/C11H21F3N2O/c1-2-3-9-6-10(7-15,4-5-17-9)16-8-11(12,13)14/h9,16H,2-8,15H2,1H3. The second kappa shape index (κ2) is 6.02. The topological polar surface area (TPSA) is 47.3 Å². The molecule has 1 aliphatic rings. The Hall–Kier alpha value is -0.330. The van der Waals surface area contributed by atoms with Crippen LogP contribution in [-0.4, -0.2) is 37.5 Å². The summed E-state index contributed by atoms with van der Waals surface area (Å²) in [6.45, 7) is 1.74. The summed E-state index contributed by atoms with van der Waals surface area (Å²) in [6.07, 6.45) is -1.23. The minimum atomic E-state index is -4.19. The van der Waals surface area contributed by atoms with Gasteiger partial charge in [-0.15, -0.1) is 0 Å². The van der Waals surface area contributed by atoms with Crippen LogP contribution in [0.1, 0.15) is 32.6 Å².